The van der Waals surface area contributed by atoms with Crippen molar-refractivity contribution in [1.82, 2.24) is 0 Å². The first-order valence-corrected chi connectivity index (χ1v) is 5.23. The zero-order chi connectivity index (χ0) is 13.4. The van der Waals surface area contributed by atoms with E-state index in [1.54, 1.807) is 6.07 Å². The summed E-state index contributed by atoms with van der Waals surface area (Å²) < 4.78 is 13.8. The number of imide groups is 1. The molecule has 0 unspecified atom stereocenters. The lowest BCUT2D eigenvalue weighted by molar-refractivity contribution is -0.120. The van der Waals surface area contributed by atoms with Crippen molar-refractivity contribution in [2.75, 3.05) is 4.90 Å². The molecular weight excluding hydrogens is 235 g/mol. The molecule has 1 aromatic rings. The summed E-state index contributed by atoms with van der Waals surface area (Å²) in [5.41, 5.74) is 0.629. The zero-order valence-corrected chi connectivity index (χ0v) is 9.82. The molecule has 0 saturated carbocycles. The van der Waals surface area contributed by atoms with Crippen LogP contribution >= 0.6 is 0 Å². The van der Waals surface area contributed by atoms with E-state index < -0.39 is 17.6 Å². The lowest BCUT2D eigenvalue weighted by atomic mass is 10.2. The second kappa shape index (κ2) is 4.08. The maximum absolute atomic E-state index is 13.8. The number of rotatable bonds is 1. The molecule has 2 rings (SSSR count). The van der Waals surface area contributed by atoms with Crippen molar-refractivity contribution >= 4 is 17.5 Å². The maximum atomic E-state index is 13.8. The fraction of sp³-hybridized carbons (Fsp3) is 0.154. The minimum atomic E-state index is -0.766. The van der Waals surface area contributed by atoms with Crippen molar-refractivity contribution in [3.63, 3.8) is 0 Å². The first kappa shape index (κ1) is 12.0. The first-order chi connectivity index (χ1) is 8.47. The third kappa shape index (κ3) is 1.59. The van der Waals surface area contributed by atoms with Gasteiger partial charge in [0.05, 0.1) is 17.3 Å². The van der Waals surface area contributed by atoms with E-state index in [-0.39, 0.29) is 11.3 Å². The highest BCUT2D eigenvalue weighted by atomic mass is 19.1. The van der Waals surface area contributed by atoms with E-state index >= 15 is 0 Å². The number of carbonyl (C=O) groups is 2. The standard InChI is InChI=1S/C13H9FN2O2/c1-7-8(2)13(18)16(12(7)17)11-4-3-9(6-15)5-10(11)14/h3-5H,1-2H3. The second-order valence-corrected chi connectivity index (χ2v) is 3.97. The van der Waals surface area contributed by atoms with Gasteiger partial charge in [0.2, 0.25) is 0 Å². The number of halogens is 1. The van der Waals surface area contributed by atoms with Gasteiger partial charge < -0.3 is 0 Å². The number of benzene rings is 1. The van der Waals surface area contributed by atoms with Crippen molar-refractivity contribution in [3.05, 3.63) is 40.7 Å². The highest BCUT2D eigenvalue weighted by Crippen LogP contribution is 2.28. The molecule has 1 aromatic carbocycles. The van der Waals surface area contributed by atoms with E-state index in [9.17, 15) is 14.0 Å². The van der Waals surface area contributed by atoms with Gasteiger partial charge in [0.25, 0.3) is 11.8 Å². The SMILES string of the molecule is CC1=C(C)C(=O)N(c2ccc(C#N)cc2F)C1=O. The highest BCUT2D eigenvalue weighted by Gasteiger charge is 2.35. The van der Waals surface area contributed by atoms with Gasteiger partial charge >= 0.3 is 0 Å². The van der Waals surface area contributed by atoms with Gasteiger partial charge in [-0.05, 0) is 32.0 Å². The van der Waals surface area contributed by atoms with Crippen LogP contribution in [0.25, 0.3) is 0 Å². The minimum Gasteiger partial charge on any atom is -0.269 e. The molecule has 90 valence electrons. The van der Waals surface area contributed by atoms with Crippen LogP contribution in [-0.4, -0.2) is 11.8 Å². The Morgan fingerprint density at radius 2 is 1.72 bits per heavy atom. The number of hydrogen-bond donors (Lipinski definition) is 0. The molecule has 0 atom stereocenters. The molecule has 0 aliphatic carbocycles. The molecule has 5 heteroatoms. The van der Waals surface area contributed by atoms with Crippen molar-refractivity contribution in [3.8, 4) is 6.07 Å². The number of amides is 2. The summed E-state index contributed by atoms with van der Waals surface area (Å²) in [6.45, 7) is 3.05. The van der Waals surface area contributed by atoms with Gasteiger partial charge in [0, 0.05) is 11.1 Å². The normalized spacial score (nSPS) is 15.3. The average molecular weight is 244 g/mol. The third-order valence-electron chi connectivity index (χ3n) is 2.93. The Morgan fingerprint density at radius 3 is 2.17 bits per heavy atom. The Balaban J connectivity index is 2.50. The van der Waals surface area contributed by atoms with Crippen LogP contribution in [0.3, 0.4) is 0 Å². The number of carbonyl (C=O) groups excluding carboxylic acids is 2. The van der Waals surface area contributed by atoms with Crippen LogP contribution in [0.1, 0.15) is 19.4 Å². The molecule has 0 bridgehead atoms. The molecular formula is C13H9FN2O2. The van der Waals surface area contributed by atoms with Gasteiger partial charge in [-0.1, -0.05) is 0 Å². The molecule has 0 saturated heterocycles. The van der Waals surface area contributed by atoms with Crippen molar-refractivity contribution < 1.29 is 14.0 Å². The second-order valence-electron chi connectivity index (χ2n) is 3.97. The number of hydrogen-bond acceptors (Lipinski definition) is 3. The van der Waals surface area contributed by atoms with E-state index in [1.807, 2.05) is 0 Å². The van der Waals surface area contributed by atoms with Crippen LogP contribution in [0.2, 0.25) is 0 Å². The van der Waals surface area contributed by atoms with E-state index in [1.165, 1.54) is 26.0 Å². The molecule has 0 radical (unpaired) electrons. The van der Waals surface area contributed by atoms with Crippen LogP contribution in [0.15, 0.2) is 29.3 Å². The topological polar surface area (TPSA) is 61.2 Å². The largest absolute Gasteiger partial charge is 0.269 e. The summed E-state index contributed by atoms with van der Waals surface area (Å²) in [6.07, 6.45) is 0. The Labute approximate surface area is 103 Å². The molecule has 1 heterocycles. The summed E-state index contributed by atoms with van der Waals surface area (Å²) in [5.74, 6) is -1.82. The van der Waals surface area contributed by atoms with Crippen molar-refractivity contribution in [2.45, 2.75) is 13.8 Å². The lowest BCUT2D eigenvalue weighted by Gasteiger charge is -2.15. The average Bonchev–Trinajstić information content (AvgIpc) is 2.55. The zero-order valence-electron chi connectivity index (χ0n) is 9.82. The van der Waals surface area contributed by atoms with Crippen LogP contribution in [-0.2, 0) is 9.59 Å². The van der Waals surface area contributed by atoms with Crippen molar-refractivity contribution in [1.29, 1.82) is 5.26 Å². The smallest absolute Gasteiger partial charge is 0.261 e. The van der Waals surface area contributed by atoms with Gasteiger partial charge in [0.1, 0.15) is 5.82 Å². The summed E-state index contributed by atoms with van der Waals surface area (Å²) >= 11 is 0. The van der Waals surface area contributed by atoms with Gasteiger partial charge in [-0.3, -0.25) is 9.59 Å². The molecule has 4 nitrogen and oxygen atoms in total. The Morgan fingerprint density at radius 1 is 1.17 bits per heavy atom. The summed E-state index contributed by atoms with van der Waals surface area (Å²) in [4.78, 5) is 24.5. The van der Waals surface area contributed by atoms with Crippen molar-refractivity contribution in [2.24, 2.45) is 0 Å². The molecule has 1 aliphatic heterocycles. The van der Waals surface area contributed by atoms with Gasteiger partial charge in [-0.25, -0.2) is 9.29 Å². The monoisotopic (exact) mass is 244 g/mol. The van der Waals surface area contributed by atoms with E-state index in [0.717, 1.165) is 11.0 Å². The third-order valence-corrected chi connectivity index (χ3v) is 2.93. The van der Waals surface area contributed by atoms with Gasteiger partial charge in [-0.2, -0.15) is 5.26 Å². The van der Waals surface area contributed by atoms with E-state index in [0.29, 0.717) is 11.1 Å². The highest BCUT2D eigenvalue weighted by molar-refractivity contribution is 6.32. The minimum absolute atomic E-state index is 0.125. The molecule has 0 N–H and O–H groups in total. The fourth-order valence-corrected chi connectivity index (χ4v) is 1.73. The number of nitrogens with zero attached hydrogens (tertiary/aromatic N) is 2. The molecule has 0 aromatic heterocycles. The quantitative estimate of drug-likeness (QED) is 0.709. The van der Waals surface area contributed by atoms with Crippen LogP contribution in [0.5, 0.6) is 0 Å². The molecule has 2 amide bonds. The number of nitriles is 1. The van der Waals surface area contributed by atoms with Crippen LogP contribution < -0.4 is 4.90 Å². The Kier molecular flexibility index (Phi) is 2.71. The van der Waals surface area contributed by atoms with Crippen LogP contribution in [0, 0.1) is 17.1 Å². The summed E-state index contributed by atoms with van der Waals surface area (Å²) in [6, 6.07) is 5.41. The maximum Gasteiger partial charge on any atom is 0.261 e. The molecule has 0 fully saturated rings. The van der Waals surface area contributed by atoms with Crippen LogP contribution in [0.4, 0.5) is 10.1 Å². The first-order valence-electron chi connectivity index (χ1n) is 5.23. The Bertz CT molecular complexity index is 617. The lowest BCUT2D eigenvalue weighted by Crippen LogP contribution is -2.32. The molecule has 0 spiro atoms. The summed E-state index contributed by atoms with van der Waals surface area (Å²) in [7, 11) is 0. The van der Waals surface area contributed by atoms with Gasteiger partial charge in [-0.15, -0.1) is 0 Å². The number of anilines is 1. The van der Waals surface area contributed by atoms with Gasteiger partial charge in [0.15, 0.2) is 0 Å². The molecule has 18 heavy (non-hydrogen) atoms. The Hall–Kier alpha value is -2.48. The fourth-order valence-electron chi connectivity index (χ4n) is 1.73. The predicted molar refractivity (Wildman–Crippen MR) is 62.0 cm³/mol. The predicted octanol–water partition coefficient (Wildman–Crippen LogP) is 1.91. The summed E-state index contributed by atoms with van der Waals surface area (Å²) in [5, 5.41) is 8.63. The van der Waals surface area contributed by atoms with E-state index in [4.69, 9.17) is 5.26 Å². The molecule has 1 aliphatic rings. The van der Waals surface area contributed by atoms with E-state index in [2.05, 4.69) is 0 Å².